The monoisotopic (exact) mass is 438 g/mol. The SMILES string of the molecule is Cn1c(-c2ccc(Cl)cc2)c(-c2ccccc2)sc1=NC(=O)c1ccc(Cl)cc1. The minimum atomic E-state index is -0.305. The van der Waals surface area contributed by atoms with E-state index in [0.29, 0.717) is 20.4 Å². The van der Waals surface area contributed by atoms with Crippen molar-refractivity contribution in [2.75, 3.05) is 0 Å². The molecule has 3 nitrogen and oxygen atoms in total. The first-order chi connectivity index (χ1) is 14.0. The summed E-state index contributed by atoms with van der Waals surface area (Å²) in [6, 6.07) is 24.5. The van der Waals surface area contributed by atoms with Gasteiger partial charge in [-0.1, -0.05) is 77.0 Å². The Balaban J connectivity index is 1.89. The number of hydrogen-bond acceptors (Lipinski definition) is 2. The number of thiazole rings is 1. The van der Waals surface area contributed by atoms with Crippen molar-refractivity contribution < 1.29 is 4.79 Å². The van der Waals surface area contributed by atoms with Crippen LogP contribution in [0.15, 0.2) is 83.9 Å². The van der Waals surface area contributed by atoms with Crippen LogP contribution in [-0.2, 0) is 7.05 Å². The van der Waals surface area contributed by atoms with Gasteiger partial charge in [-0.2, -0.15) is 4.99 Å². The molecule has 6 heteroatoms. The summed E-state index contributed by atoms with van der Waals surface area (Å²) < 4.78 is 1.95. The molecule has 0 atom stereocenters. The highest BCUT2D eigenvalue weighted by molar-refractivity contribution is 7.13. The predicted molar refractivity (Wildman–Crippen MR) is 121 cm³/mol. The van der Waals surface area contributed by atoms with Crippen LogP contribution in [0.25, 0.3) is 21.7 Å². The van der Waals surface area contributed by atoms with E-state index in [1.807, 2.05) is 54.1 Å². The molecule has 0 radical (unpaired) electrons. The second-order valence-corrected chi connectivity index (χ2v) is 8.27. The van der Waals surface area contributed by atoms with Crippen molar-refractivity contribution in [3.05, 3.63) is 99.3 Å². The Morgan fingerprint density at radius 2 is 1.41 bits per heavy atom. The molecule has 0 N–H and O–H groups in total. The van der Waals surface area contributed by atoms with Gasteiger partial charge >= 0.3 is 0 Å². The Labute approximate surface area is 182 Å². The minimum absolute atomic E-state index is 0.305. The third-order valence-electron chi connectivity index (χ3n) is 4.47. The van der Waals surface area contributed by atoms with Crippen LogP contribution in [0, 0.1) is 0 Å². The first kappa shape index (κ1) is 19.6. The zero-order chi connectivity index (χ0) is 20.4. The largest absolute Gasteiger partial charge is 0.319 e. The fraction of sp³-hybridized carbons (Fsp3) is 0.0435. The number of carbonyl (C=O) groups is 1. The van der Waals surface area contributed by atoms with Gasteiger partial charge in [0.25, 0.3) is 5.91 Å². The lowest BCUT2D eigenvalue weighted by Gasteiger charge is -2.07. The van der Waals surface area contributed by atoms with E-state index in [1.54, 1.807) is 24.3 Å². The predicted octanol–water partition coefficient (Wildman–Crippen LogP) is 6.47. The van der Waals surface area contributed by atoms with Gasteiger partial charge in [-0.05, 0) is 47.5 Å². The van der Waals surface area contributed by atoms with E-state index >= 15 is 0 Å². The van der Waals surface area contributed by atoms with E-state index in [-0.39, 0.29) is 5.91 Å². The van der Waals surface area contributed by atoms with Crippen molar-refractivity contribution in [1.29, 1.82) is 0 Å². The van der Waals surface area contributed by atoms with Crippen molar-refractivity contribution >= 4 is 40.4 Å². The average molecular weight is 439 g/mol. The van der Waals surface area contributed by atoms with Crippen LogP contribution in [0.4, 0.5) is 0 Å². The normalized spacial score (nSPS) is 11.6. The third kappa shape index (κ3) is 4.20. The van der Waals surface area contributed by atoms with Crippen LogP contribution in [0.2, 0.25) is 10.0 Å². The Morgan fingerprint density at radius 3 is 2.03 bits per heavy atom. The molecule has 3 aromatic carbocycles. The second kappa shape index (κ2) is 8.37. The summed E-state index contributed by atoms with van der Waals surface area (Å²) in [6.07, 6.45) is 0. The van der Waals surface area contributed by atoms with Crippen molar-refractivity contribution in [3.63, 3.8) is 0 Å². The molecule has 0 spiro atoms. The Kier molecular flexibility index (Phi) is 5.67. The molecule has 0 unspecified atom stereocenters. The van der Waals surface area contributed by atoms with Gasteiger partial charge in [-0.15, -0.1) is 0 Å². The lowest BCUT2D eigenvalue weighted by Crippen LogP contribution is -2.14. The molecule has 0 saturated heterocycles. The maximum absolute atomic E-state index is 12.7. The molecule has 1 amide bonds. The van der Waals surface area contributed by atoms with E-state index in [4.69, 9.17) is 23.2 Å². The molecule has 1 heterocycles. The van der Waals surface area contributed by atoms with Crippen LogP contribution in [-0.4, -0.2) is 10.5 Å². The Bertz CT molecular complexity index is 1220. The topological polar surface area (TPSA) is 34.4 Å². The molecule has 1 aromatic heterocycles. The molecule has 0 fully saturated rings. The summed E-state index contributed by atoms with van der Waals surface area (Å²) in [4.78, 5) is 18.7. The highest BCUT2D eigenvalue weighted by Crippen LogP contribution is 2.34. The van der Waals surface area contributed by atoms with Crippen molar-refractivity contribution in [2.45, 2.75) is 0 Å². The Morgan fingerprint density at radius 1 is 0.828 bits per heavy atom. The van der Waals surface area contributed by atoms with E-state index in [2.05, 4.69) is 17.1 Å². The van der Waals surface area contributed by atoms with Crippen LogP contribution in [0.5, 0.6) is 0 Å². The fourth-order valence-electron chi connectivity index (χ4n) is 3.02. The first-order valence-electron chi connectivity index (χ1n) is 8.89. The van der Waals surface area contributed by atoms with Crippen LogP contribution < -0.4 is 4.80 Å². The number of hydrogen-bond donors (Lipinski definition) is 0. The van der Waals surface area contributed by atoms with Crippen LogP contribution in [0.1, 0.15) is 10.4 Å². The molecule has 0 saturated carbocycles. The number of amides is 1. The van der Waals surface area contributed by atoms with Crippen molar-refractivity contribution in [1.82, 2.24) is 4.57 Å². The molecular weight excluding hydrogens is 423 g/mol. The zero-order valence-electron chi connectivity index (χ0n) is 15.5. The number of benzene rings is 3. The average Bonchev–Trinajstić information content (AvgIpc) is 3.06. The van der Waals surface area contributed by atoms with E-state index in [0.717, 1.165) is 21.7 Å². The zero-order valence-corrected chi connectivity index (χ0v) is 17.8. The molecule has 4 aromatic rings. The summed E-state index contributed by atoms with van der Waals surface area (Å²) in [7, 11) is 1.92. The minimum Gasteiger partial charge on any atom is -0.319 e. The number of carbonyl (C=O) groups excluding carboxylic acids is 1. The Hall–Kier alpha value is -2.66. The summed E-state index contributed by atoms with van der Waals surface area (Å²) in [5.41, 5.74) is 3.56. The first-order valence-corrected chi connectivity index (χ1v) is 10.5. The van der Waals surface area contributed by atoms with E-state index in [1.165, 1.54) is 11.3 Å². The molecular formula is C23H16Cl2N2OS. The van der Waals surface area contributed by atoms with Crippen LogP contribution in [0.3, 0.4) is 0 Å². The van der Waals surface area contributed by atoms with Gasteiger partial charge in [0.05, 0.1) is 10.6 Å². The highest BCUT2D eigenvalue weighted by Gasteiger charge is 2.16. The van der Waals surface area contributed by atoms with Gasteiger partial charge in [0.2, 0.25) is 0 Å². The van der Waals surface area contributed by atoms with E-state index < -0.39 is 0 Å². The van der Waals surface area contributed by atoms with Gasteiger partial charge in [-0.25, -0.2) is 0 Å². The number of nitrogens with zero attached hydrogens (tertiary/aromatic N) is 2. The van der Waals surface area contributed by atoms with Gasteiger partial charge in [0.15, 0.2) is 4.80 Å². The van der Waals surface area contributed by atoms with Gasteiger partial charge in [-0.3, -0.25) is 4.79 Å². The number of halogens is 2. The summed E-state index contributed by atoms with van der Waals surface area (Å²) in [5, 5.41) is 1.26. The second-order valence-electron chi connectivity index (χ2n) is 6.42. The van der Waals surface area contributed by atoms with Gasteiger partial charge in [0, 0.05) is 22.7 Å². The molecule has 29 heavy (non-hydrogen) atoms. The standard InChI is InChI=1S/C23H16Cl2N2OS/c1-27-20(15-7-11-18(24)12-8-15)21(16-5-3-2-4-6-16)29-23(27)26-22(28)17-9-13-19(25)14-10-17/h2-14H,1H3. The van der Waals surface area contributed by atoms with Gasteiger partial charge < -0.3 is 4.57 Å². The van der Waals surface area contributed by atoms with Crippen molar-refractivity contribution in [2.24, 2.45) is 12.0 Å². The maximum atomic E-state index is 12.7. The molecule has 0 aliphatic heterocycles. The lowest BCUT2D eigenvalue weighted by molar-refractivity contribution is 0.0998. The summed E-state index contributed by atoms with van der Waals surface area (Å²) in [5.74, 6) is -0.305. The summed E-state index contributed by atoms with van der Waals surface area (Å²) in [6.45, 7) is 0. The third-order valence-corrected chi connectivity index (χ3v) is 6.16. The highest BCUT2D eigenvalue weighted by atomic mass is 35.5. The lowest BCUT2D eigenvalue weighted by atomic mass is 10.1. The fourth-order valence-corrected chi connectivity index (χ4v) is 4.41. The number of aromatic nitrogens is 1. The number of rotatable bonds is 3. The van der Waals surface area contributed by atoms with Gasteiger partial charge in [0.1, 0.15) is 0 Å². The van der Waals surface area contributed by atoms with Crippen LogP contribution >= 0.6 is 34.5 Å². The quantitative estimate of drug-likeness (QED) is 0.360. The smallest absolute Gasteiger partial charge is 0.279 e. The molecule has 0 aliphatic rings. The molecule has 0 aliphatic carbocycles. The van der Waals surface area contributed by atoms with Crippen molar-refractivity contribution in [3.8, 4) is 21.7 Å². The molecule has 144 valence electrons. The summed E-state index contributed by atoms with van der Waals surface area (Å²) >= 11 is 13.5. The maximum Gasteiger partial charge on any atom is 0.279 e. The van der Waals surface area contributed by atoms with E-state index in [9.17, 15) is 4.79 Å². The molecule has 4 rings (SSSR count). The molecule has 0 bridgehead atoms.